The van der Waals surface area contributed by atoms with Gasteiger partial charge in [0, 0.05) is 21.2 Å². The van der Waals surface area contributed by atoms with Gasteiger partial charge in [-0.05, 0) is 42.0 Å². The zero-order valence-electron chi connectivity index (χ0n) is 14.9. The lowest BCUT2D eigenvalue weighted by molar-refractivity contribution is -0.269. The van der Waals surface area contributed by atoms with Crippen LogP contribution in [0.3, 0.4) is 0 Å². The van der Waals surface area contributed by atoms with E-state index < -0.39 is 30.2 Å². The van der Waals surface area contributed by atoms with E-state index >= 15 is 0 Å². The van der Waals surface area contributed by atoms with Gasteiger partial charge in [-0.15, -0.1) is 0 Å². The fourth-order valence-corrected chi connectivity index (χ4v) is 3.34. The maximum Gasteiger partial charge on any atom is 0.428 e. The van der Waals surface area contributed by atoms with Crippen molar-refractivity contribution in [2.24, 2.45) is 0 Å². The molecule has 11 heteroatoms. The third-order valence-electron chi connectivity index (χ3n) is 4.24. The van der Waals surface area contributed by atoms with Gasteiger partial charge in [0.1, 0.15) is 6.54 Å². The average molecular weight is 461 g/mol. The Morgan fingerprint density at radius 3 is 2.23 bits per heavy atom. The summed E-state index contributed by atoms with van der Waals surface area (Å²) in [5.41, 5.74) is -0.392. The van der Waals surface area contributed by atoms with Gasteiger partial charge >= 0.3 is 12.1 Å². The Bertz CT molecular complexity index is 1010. The van der Waals surface area contributed by atoms with Crippen LogP contribution in [0, 0.1) is 0 Å². The highest BCUT2D eigenvalue weighted by Crippen LogP contribution is 2.48. The molecule has 2 aromatic carbocycles. The van der Waals surface area contributed by atoms with Gasteiger partial charge in [-0.1, -0.05) is 35.3 Å². The van der Waals surface area contributed by atoms with Crippen molar-refractivity contribution < 1.29 is 32.7 Å². The van der Waals surface area contributed by atoms with Crippen molar-refractivity contribution >= 4 is 40.8 Å². The van der Waals surface area contributed by atoms with Crippen molar-refractivity contribution in [1.29, 1.82) is 0 Å². The molecule has 158 valence electrons. The Morgan fingerprint density at radius 2 is 1.70 bits per heavy atom. The fraction of sp³-hybridized carbons (Fsp3) is 0.158. The number of halogens is 5. The van der Waals surface area contributed by atoms with Crippen LogP contribution in [-0.4, -0.2) is 29.7 Å². The lowest BCUT2D eigenvalue weighted by Gasteiger charge is -2.28. The van der Waals surface area contributed by atoms with E-state index in [0.29, 0.717) is 5.56 Å². The molecule has 1 heterocycles. The van der Waals surface area contributed by atoms with E-state index in [0.717, 1.165) is 18.2 Å². The summed E-state index contributed by atoms with van der Waals surface area (Å²) < 4.78 is 41.9. The Kier molecular flexibility index (Phi) is 5.98. The smallest absolute Gasteiger partial charge is 0.428 e. The van der Waals surface area contributed by atoms with Gasteiger partial charge in [-0.3, -0.25) is 19.9 Å². The number of alkyl halides is 3. The van der Waals surface area contributed by atoms with Crippen LogP contribution < -0.4 is 10.8 Å². The summed E-state index contributed by atoms with van der Waals surface area (Å²) in [7, 11) is 0. The highest BCUT2D eigenvalue weighted by Gasteiger charge is 2.59. The first-order valence-electron chi connectivity index (χ1n) is 8.32. The molecule has 1 atom stereocenters. The fourth-order valence-electron chi connectivity index (χ4n) is 2.81. The number of carbonyl (C=O) groups excluding carboxylic acids is 1. The molecule has 0 saturated carbocycles. The van der Waals surface area contributed by atoms with Crippen LogP contribution in [0.4, 0.5) is 13.2 Å². The molecule has 1 amide bonds. The number of carbonyl (C=O) groups is 2. The van der Waals surface area contributed by atoms with Gasteiger partial charge in [0.15, 0.2) is 0 Å². The third kappa shape index (κ3) is 4.38. The first-order chi connectivity index (χ1) is 14.0. The lowest BCUT2D eigenvalue weighted by atomic mass is 9.91. The minimum Gasteiger partial charge on any atom is -0.480 e. The maximum absolute atomic E-state index is 14.0. The predicted octanol–water partition coefficient (Wildman–Crippen LogP) is 4.14. The van der Waals surface area contributed by atoms with Gasteiger partial charge in [-0.2, -0.15) is 13.2 Å². The van der Waals surface area contributed by atoms with E-state index in [1.165, 1.54) is 30.3 Å². The van der Waals surface area contributed by atoms with Crippen molar-refractivity contribution in [3.05, 3.63) is 75.3 Å². The molecule has 0 radical (unpaired) electrons. The summed E-state index contributed by atoms with van der Waals surface area (Å²) in [5, 5.41) is 10.8. The zero-order valence-corrected chi connectivity index (χ0v) is 16.4. The number of hydrogen-bond donors (Lipinski definition) is 3. The van der Waals surface area contributed by atoms with E-state index in [1.54, 1.807) is 0 Å². The molecular weight excluding hydrogens is 448 g/mol. The summed E-state index contributed by atoms with van der Waals surface area (Å²) in [5.74, 6) is -1.84. The molecule has 0 spiro atoms. The molecule has 0 saturated heterocycles. The minimum atomic E-state index is -4.84. The molecule has 1 unspecified atom stereocenters. The van der Waals surface area contributed by atoms with Crippen molar-refractivity contribution in [3.8, 4) is 0 Å². The van der Waals surface area contributed by atoms with E-state index in [4.69, 9.17) is 33.1 Å². The highest BCUT2D eigenvalue weighted by molar-refractivity contribution is 6.34. The molecular formula is C19H13Cl2F3N2O4. The molecule has 1 aliphatic rings. The lowest BCUT2D eigenvalue weighted by Crippen LogP contribution is -2.42. The molecule has 0 fully saturated rings. The van der Waals surface area contributed by atoms with E-state index in [9.17, 15) is 22.8 Å². The zero-order chi connectivity index (χ0) is 22.1. The highest BCUT2D eigenvalue weighted by atomic mass is 35.5. The number of aliphatic carboxylic acids is 1. The summed E-state index contributed by atoms with van der Waals surface area (Å²) in [6.45, 7) is -0.558. The van der Waals surface area contributed by atoms with Crippen LogP contribution in [-0.2, 0) is 15.2 Å². The predicted molar refractivity (Wildman–Crippen MR) is 103 cm³/mol. The van der Waals surface area contributed by atoms with Crippen LogP contribution in [0.15, 0.2) is 48.5 Å². The minimum absolute atomic E-state index is 0.0147. The second-order valence-electron chi connectivity index (χ2n) is 6.31. The van der Waals surface area contributed by atoms with E-state index in [1.807, 2.05) is 0 Å². The van der Waals surface area contributed by atoms with Crippen molar-refractivity contribution in [2.45, 2.75) is 11.8 Å². The van der Waals surface area contributed by atoms with Crippen LogP contribution in [0.25, 0.3) is 5.70 Å². The molecule has 3 N–H and O–H groups in total. The Balaban J connectivity index is 1.93. The van der Waals surface area contributed by atoms with E-state index in [-0.39, 0.29) is 26.9 Å². The monoisotopic (exact) mass is 460 g/mol. The number of amides is 1. The Hall–Kier alpha value is -2.75. The maximum atomic E-state index is 14.0. The topological polar surface area (TPSA) is 87.7 Å². The van der Waals surface area contributed by atoms with Gasteiger partial charge in [-0.25, -0.2) is 0 Å². The van der Waals surface area contributed by atoms with Gasteiger partial charge < -0.3 is 10.4 Å². The summed E-state index contributed by atoms with van der Waals surface area (Å²) in [6, 6.07) is 9.01. The summed E-state index contributed by atoms with van der Waals surface area (Å²) in [4.78, 5) is 27.4. The SMILES string of the molecule is O=C(O)CNC(=O)c1ccc(C2=CC(c3cc(Cl)cc(Cl)c3)(C(F)(F)F)ON2)cc1. The second kappa shape index (κ2) is 8.17. The normalized spacial score (nSPS) is 18.5. The molecule has 1 aliphatic heterocycles. The number of carboxylic acid groups (broad SMARTS) is 1. The molecule has 0 aliphatic carbocycles. The quantitative estimate of drug-likeness (QED) is 0.623. The number of rotatable bonds is 5. The number of hydrogen-bond acceptors (Lipinski definition) is 4. The number of carboxylic acids is 1. The second-order valence-corrected chi connectivity index (χ2v) is 7.18. The van der Waals surface area contributed by atoms with Crippen LogP contribution in [0.2, 0.25) is 10.0 Å². The van der Waals surface area contributed by atoms with Crippen LogP contribution in [0.1, 0.15) is 21.5 Å². The number of hydroxylamine groups is 1. The molecule has 3 rings (SSSR count). The Morgan fingerprint density at radius 1 is 1.10 bits per heavy atom. The number of benzene rings is 2. The van der Waals surface area contributed by atoms with Crippen molar-refractivity contribution in [3.63, 3.8) is 0 Å². The molecule has 2 aromatic rings. The number of nitrogens with one attached hydrogen (secondary N) is 2. The largest absolute Gasteiger partial charge is 0.480 e. The van der Waals surface area contributed by atoms with E-state index in [2.05, 4.69) is 10.8 Å². The van der Waals surface area contributed by atoms with Crippen molar-refractivity contribution in [1.82, 2.24) is 10.8 Å². The first-order valence-corrected chi connectivity index (χ1v) is 9.08. The standard InChI is InChI=1S/C19H13Cl2F3N2O4/c20-13-5-12(6-14(21)7-13)18(19(22,23)24)8-15(26-30-18)10-1-3-11(4-2-10)17(29)25-9-16(27)28/h1-8,26H,9H2,(H,25,29)(H,27,28). The first kappa shape index (κ1) is 21.9. The molecule has 0 bridgehead atoms. The average Bonchev–Trinajstić information content (AvgIpc) is 3.12. The van der Waals surface area contributed by atoms with Gasteiger partial charge in [0.25, 0.3) is 5.91 Å². The Labute approximate surface area is 178 Å². The van der Waals surface area contributed by atoms with Gasteiger partial charge in [0.2, 0.25) is 5.60 Å². The van der Waals surface area contributed by atoms with Gasteiger partial charge in [0.05, 0.1) is 5.70 Å². The molecule has 30 heavy (non-hydrogen) atoms. The van der Waals surface area contributed by atoms with Crippen LogP contribution >= 0.6 is 23.2 Å². The summed E-state index contributed by atoms with van der Waals surface area (Å²) >= 11 is 11.7. The summed E-state index contributed by atoms with van der Waals surface area (Å²) in [6.07, 6.45) is -3.99. The van der Waals surface area contributed by atoms with Crippen LogP contribution in [0.5, 0.6) is 0 Å². The molecule has 0 aromatic heterocycles. The molecule has 6 nitrogen and oxygen atoms in total. The third-order valence-corrected chi connectivity index (χ3v) is 4.68. The van der Waals surface area contributed by atoms with Crippen molar-refractivity contribution in [2.75, 3.05) is 6.54 Å².